The highest BCUT2D eigenvalue weighted by molar-refractivity contribution is 9.09. The van der Waals surface area contributed by atoms with Crippen molar-refractivity contribution in [2.24, 2.45) is 17.8 Å². The first-order valence-electron chi connectivity index (χ1n) is 12.3. The summed E-state index contributed by atoms with van der Waals surface area (Å²) in [5.41, 5.74) is -0.670. The Morgan fingerprint density at radius 1 is 0.774 bits per heavy atom. The van der Waals surface area contributed by atoms with Gasteiger partial charge in [0, 0.05) is 0 Å². The van der Waals surface area contributed by atoms with Crippen LogP contribution in [0.4, 0.5) is 17.6 Å². The fraction of sp³-hybridized carbons (Fsp3) is 0.769. The summed E-state index contributed by atoms with van der Waals surface area (Å²) in [5.74, 6) is 0.341. The Morgan fingerprint density at radius 2 is 1.19 bits per heavy atom. The summed E-state index contributed by atoms with van der Waals surface area (Å²) in [5, 5.41) is 0. The molecule has 1 aromatic rings. The SMILES string of the molecule is CCCC1CCC(CCCCC2CCC(c3cc(F)c(C(F)(F)Br)c(F)c3)CC2)CC1. The van der Waals surface area contributed by atoms with Crippen molar-refractivity contribution in [3.05, 3.63) is 34.9 Å². The van der Waals surface area contributed by atoms with E-state index in [-0.39, 0.29) is 5.92 Å². The minimum Gasteiger partial charge on any atom is -0.206 e. The monoisotopic (exact) mass is 504 g/mol. The first-order chi connectivity index (χ1) is 14.8. The third kappa shape index (κ3) is 7.20. The van der Waals surface area contributed by atoms with Crippen LogP contribution in [0.15, 0.2) is 12.1 Å². The Kier molecular flexibility index (Phi) is 9.31. The molecule has 1 aromatic carbocycles. The molecule has 2 fully saturated rings. The lowest BCUT2D eigenvalue weighted by atomic mass is 9.76. The fourth-order valence-corrected chi connectivity index (χ4v) is 6.35. The van der Waals surface area contributed by atoms with Crippen LogP contribution in [0.25, 0.3) is 0 Å². The van der Waals surface area contributed by atoms with Crippen LogP contribution >= 0.6 is 15.9 Å². The Labute approximate surface area is 193 Å². The number of unbranched alkanes of at least 4 members (excludes halogenated alkanes) is 1. The lowest BCUT2D eigenvalue weighted by Gasteiger charge is -2.30. The summed E-state index contributed by atoms with van der Waals surface area (Å²) in [6.07, 6.45) is 17.5. The first kappa shape index (κ1) is 25.1. The standard InChI is InChI=1S/C26H37BrF4/c1-2-5-18-8-10-19(11-9-18)6-3-4-7-20-12-14-21(15-13-20)22-16-23(28)25(24(29)17-22)26(27,30)31/h16-21H,2-15H2,1H3. The highest BCUT2D eigenvalue weighted by Crippen LogP contribution is 2.42. The van der Waals surface area contributed by atoms with Crippen LogP contribution in [-0.2, 0) is 4.83 Å². The van der Waals surface area contributed by atoms with Crippen LogP contribution in [-0.4, -0.2) is 0 Å². The fourth-order valence-electron chi connectivity index (χ4n) is 5.97. The second kappa shape index (κ2) is 11.5. The summed E-state index contributed by atoms with van der Waals surface area (Å²) >= 11 is 2.07. The van der Waals surface area contributed by atoms with E-state index in [0.717, 1.165) is 49.7 Å². The number of rotatable bonds is 9. The number of hydrogen-bond acceptors (Lipinski definition) is 0. The zero-order valence-electron chi connectivity index (χ0n) is 18.8. The van der Waals surface area contributed by atoms with E-state index in [4.69, 9.17) is 0 Å². The van der Waals surface area contributed by atoms with E-state index in [1.807, 2.05) is 0 Å². The highest BCUT2D eigenvalue weighted by Gasteiger charge is 2.35. The van der Waals surface area contributed by atoms with Gasteiger partial charge in [-0.15, -0.1) is 0 Å². The summed E-state index contributed by atoms with van der Waals surface area (Å²) in [6.45, 7) is 2.29. The Bertz CT molecular complexity index is 660. The molecule has 31 heavy (non-hydrogen) atoms. The number of benzene rings is 1. The van der Waals surface area contributed by atoms with Crippen molar-refractivity contribution in [2.45, 2.75) is 108 Å². The van der Waals surface area contributed by atoms with E-state index >= 15 is 0 Å². The van der Waals surface area contributed by atoms with Gasteiger partial charge in [0.2, 0.25) is 0 Å². The van der Waals surface area contributed by atoms with Crippen LogP contribution < -0.4 is 0 Å². The zero-order chi connectivity index (χ0) is 22.4. The van der Waals surface area contributed by atoms with Crippen molar-refractivity contribution >= 4 is 15.9 Å². The highest BCUT2D eigenvalue weighted by atomic mass is 79.9. The van der Waals surface area contributed by atoms with Gasteiger partial charge in [0.15, 0.2) is 0 Å². The minimum absolute atomic E-state index is 0.0663. The molecule has 0 aromatic heterocycles. The van der Waals surface area contributed by atoms with Crippen LogP contribution in [0.5, 0.6) is 0 Å². The molecule has 3 rings (SSSR count). The van der Waals surface area contributed by atoms with E-state index < -0.39 is 22.0 Å². The molecule has 0 radical (unpaired) electrons. The average molecular weight is 505 g/mol. The maximum absolute atomic E-state index is 14.1. The molecule has 0 spiro atoms. The molecule has 0 bridgehead atoms. The van der Waals surface area contributed by atoms with Gasteiger partial charge < -0.3 is 0 Å². The van der Waals surface area contributed by atoms with Crippen LogP contribution in [0, 0.1) is 29.4 Å². The number of hydrogen-bond donors (Lipinski definition) is 0. The second-order valence-electron chi connectivity index (χ2n) is 10.0. The molecule has 0 N–H and O–H groups in total. The van der Waals surface area contributed by atoms with Gasteiger partial charge in [0.05, 0.1) is 0 Å². The van der Waals surface area contributed by atoms with Gasteiger partial charge in [-0.1, -0.05) is 71.1 Å². The van der Waals surface area contributed by atoms with Crippen molar-refractivity contribution in [1.29, 1.82) is 0 Å². The predicted octanol–water partition coefficient (Wildman–Crippen LogP) is 9.85. The van der Waals surface area contributed by atoms with E-state index in [2.05, 4.69) is 22.9 Å². The topological polar surface area (TPSA) is 0 Å². The summed E-state index contributed by atoms with van der Waals surface area (Å²) in [4.78, 5) is -3.69. The molecule has 0 unspecified atom stereocenters. The van der Waals surface area contributed by atoms with Gasteiger partial charge in [0.25, 0.3) is 0 Å². The Morgan fingerprint density at radius 3 is 1.61 bits per heavy atom. The molecule has 2 saturated carbocycles. The van der Waals surface area contributed by atoms with E-state index in [1.54, 1.807) is 0 Å². The number of alkyl halides is 3. The Hall–Kier alpha value is -0.580. The zero-order valence-corrected chi connectivity index (χ0v) is 20.3. The van der Waals surface area contributed by atoms with Crippen LogP contribution in [0.2, 0.25) is 0 Å². The number of halogens is 5. The van der Waals surface area contributed by atoms with E-state index in [1.165, 1.54) is 64.2 Å². The van der Waals surface area contributed by atoms with Crippen molar-refractivity contribution in [2.75, 3.05) is 0 Å². The van der Waals surface area contributed by atoms with Gasteiger partial charge in [0.1, 0.15) is 17.2 Å². The van der Waals surface area contributed by atoms with E-state index in [9.17, 15) is 17.6 Å². The maximum atomic E-state index is 14.1. The maximum Gasteiger partial charge on any atom is 0.332 e. The molecule has 0 atom stereocenters. The van der Waals surface area contributed by atoms with Gasteiger partial charge in [-0.3, -0.25) is 0 Å². The lowest BCUT2D eigenvalue weighted by Crippen LogP contribution is -2.16. The van der Waals surface area contributed by atoms with Crippen molar-refractivity contribution in [3.63, 3.8) is 0 Å². The van der Waals surface area contributed by atoms with Gasteiger partial charge in [-0.05, 0) is 83.0 Å². The normalized spacial score (nSPS) is 27.4. The van der Waals surface area contributed by atoms with Crippen molar-refractivity contribution < 1.29 is 17.6 Å². The molecule has 0 saturated heterocycles. The molecule has 0 heterocycles. The molecule has 2 aliphatic carbocycles. The summed E-state index contributed by atoms with van der Waals surface area (Å²) in [7, 11) is 0. The lowest BCUT2D eigenvalue weighted by molar-refractivity contribution is 0.105. The van der Waals surface area contributed by atoms with Crippen LogP contribution in [0.1, 0.15) is 114 Å². The van der Waals surface area contributed by atoms with E-state index in [0.29, 0.717) is 11.5 Å². The van der Waals surface area contributed by atoms with Crippen LogP contribution in [0.3, 0.4) is 0 Å². The quantitative estimate of drug-likeness (QED) is 0.178. The molecular weight excluding hydrogens is 468 g/mol. The van der Waals surface area contributed by atoms with Gasteiger partial charge in [-0.25, -0.2) is 8.78 Å². The molecule has 0 nitrogen and oxygen atoms in total. The largest absolute Gasteiger partial charge is 0.332 e. The molecular formula is C26H37BrF4. The van der Waals surface area contributed by atoms with Crippen molar-refractivity contribution in [3.8, 4) is 0 Å². The molecule has 2 aliphatic rings. The van der Waals surface area contributed by atoms with Crippen molar-refractivity contribution in [1.82, 2.24) is 0 Å². The molecule has 176 valence electrons. The summed E-state index contributed by atoms with van der Waals surface area (Å²) in [6, 6.07) is 2.21. The molecule has 0 aliphatic heterocycles. The average Bonchev–Trinajstić information content (AvgIpc) is 2.71. The summed E-state index contributed by atoms with van der Waals surface area (Å²) < 4.78 is 54.9. The molecule has 0 amide bonds. The smallest absolute Gasteiger partial charge is 0.206 e. The minimum atomic E-state index is -3.69. The third-order valence-electron chi connectivity index (χ3n) is 7.80. The molecule has 5 heteroatoms. The third-order valence-corrected chi connectivity index (χ3v) is 8.20. The predicted molar refractivity (Wildman–Crippen MR) is 123 cm³/mol. The van der Waals surface area contributed by atoms with Gasteiger partial charge in [-0.2, -0.15) is 8.78 Å². The second-order valence-corrected chi connectivity index (χ2v) is 11.0. The Balaban J connectivity index is 1.37. The van der Waals surface area contributed by atoms with Gasteiger partial charge >= 0.3 is 4.83 Å². The first-order valence-corrected chi connectivity index (χ1v) is 13.1.